The van der Waals surface area contributed by atoms with E-state index >= 15 is 0 Å². The van der Waals surface area contributed by atoms with Crippen molar-refractivity contribution in [2.45, 2.75) is 0 Å². The Morgan fingerprint density at radius 2 is 2.27 bits per heavy atom. The molecule has 6 nitrogen and oxygen atoms in total. The lowest BCUT2D eigenvalue weighted by molar-refractivity contribution is -0.384. The van der Waals surface area contributed by atoms with E-state index in [2.05, 4.69) is 4.84 Å². The smallest absolute Gasteiger partial charge is 0.277 e. The van der Waals surface area contributed by atoms with Crippen molar-refractivity contribution in [3.05, 3.63) is 39.7 Å². The lowest BCUT2D eigenvalue weighted by atomic mass is 10.2. The normalized spacial score (nSPS) is 9.73. The van der Waals surface area contributed by atoms with Gasteiger partial charge in [0, 0.05) is 12.1 Å². The minimum Gasteiger partial charge on any atom is -0.277 e. The molecule has 1 amide bonds. The molecule has 0 spiro atoms. The van der Waals surface area contributed by atoms with Crippen LogP contribution in [-0.2, 0) is 4.84 Å². The molecule has 0 aliphatic rings. The minimum absolute atomic E-state index is 0.363. The second kappa shape index (κ2) is 4.47. The molecule has 0 saturated heterocycles. The molecule has 15 heavy (non-hydrogen) atoms. The number of nitro benzene ring substituents is 1. The largest absolute Gasteiger partial charge is 0.278 e. The van der Waals surface area contributed by atoms with Crippen LogP contribution in [0.1, 0.15) is 10.4 Å². The number of nitrogens with one attached hydrogen (secondary N) is 1. The summed E-state index contributed by atoms with van der Waals surface area (Å²) in [6.45, 7) is 0. The van der Waals surface area contributed by atoms with Crippen LogP contribution in [0.2, 0.25) is 0 Å². The van der Waals surface area contributed by atoms with Crippen LogP contribution in [0, 0.1) is 15.9 Å². The van der Waals surface area contributed by atoms with E-state index in [1.165, 1.54) is 7.11 Å². The average Bonchev–Trinajstić information content (AvgIpc) is 2.18. The van der Waals surface area contributed by atoms with Crippen LogP contribution < -0.4 is 5.48 Å². The summed E-state index contributed by atoms with van der Waals surface area (Å²) in [6, 6.07) is 2.66. The first-order valence-corrected chi connectivity index (χ1v) is 3.83. The zero-order valence-corrected chi connectivity index (χ0v) is 7.69. The summed E-state index contributed by atoms with van der Waals surface area (Å²) in [5.41, 5.74) is 1.07. The van der Waals surface area contributed by atoms with E-state index in [1.807, 2.05) is 5.48 Å². The number of non-ortho nitro benzene ring substituents is 1. The molecule has 0 heterocycles. The molecule has 0 fully saturated rings. The summed E-state index contributed by atoms with van der Waals surface area (Å²) < 4.78 is 13.1. The number of carbonyl (C=O) groups is 1. The quantitative estimate of drug-likeness (QED) is 0.601. The molecule has 0 radical (unpaired) electrons. The molecule has 1 rings (SSSR count). The Labute approximate surface area is 83.8 Å². The molecule has 0 saturated carbocycles. The number of nitro groups is 1. The molecule has 0 unspecified atom stereocenters. The maximum atomic E-state index is 13.1. The van der Waals surface area contributed by atoms with Crippen molar-refractivity contribution in [2.24, 2.45) is 0 Å². The van der Waals surface area contributed by atoms with E-state index in [0.29, 0.717) is 0 Å². The third kappa shape index (κ3) is 2.47. The number of nitrogens with zero attached hydrogens (tertiary/aromatic N) is 1. The number of hydrogen-bond acceptors (Lipinski definition) is 4. The highest BCUT2D eigenvalue weighted by atomic mass is 19.1. The first kappa shape index (κ1) is 11.1. The first-order valence-electron chi connectivity index (χ1n) is 3.83. The fourth-order valence-corrected chi connectivity index (χ4v) is 0.949. The van der Waals surface area contributed by atoms with Crippen LogP contribution in [0.5, 0.6) is 0 Å². The van der Waals surface area contributed by atoms with Gasteiger partial charge in [0.05, 0.1) is 17.6 Å². The maximum absolute atomic E-state index is 13.1. The Bertz CT molecular complexity index is 408. The van der Waals surface area contributed by atoms with Crippen LogP contribution >= 0.6 is 0 Å². The van der Waals surface area contributed by atoms with Gasteiger partial charge < -0.3 is 0 Å². The number of rotatable bonds is 3. The van der Waals surface area contributed by atoms with Crippen LogP contribution in [0.3, 0.4) is 0 Å². The highest BCUT2D eigenvalue weighted by Crippen LogP contribution is 2.16. The zero-order chi connectivity index (χ0) is 11.4. The van der Waals surface area contributed by atoms with E-state index in [-0.39, 0.29) is 5.69 Å². The molecule has 1 aromatic carbocycles. The van der Waals surface area contributed by atoms with Crippen LogP contribution in [0.15, 0.2) is 18.2 Å². The molecule has 0 atom stereocenters. The molecule has 0 aliphatic carbocycles. The Morgan fingerprint density at radius 1 is 1.60 bits per heavy atom. The summed E-state index contributed by atoms with van der Waals surface area (Å²) in [5, 5.41) is 10.4. The fraction of sp³-hybridized carbons (Fsp3) is 0.125. The van der Waals surface area contributed by atoms with Gasteiger partial charge in [-0.2, -0.15) is 0 Å². The van der Waals surface area contributed by atoms with Crippen LogP contribution in [0.4, 0.5) is 10.1 Å². The Balaban J connectivity index is 3.10. The number of carbonyl (C=O) groups excluding carboxylic acids is 1. The van der Waals surface area contributed by atoms with Gasteiger partial charge >= 0.3 is 0 Å². The monoisotopic (exact) mass is 214 g/mol. The topological polar surface area (TPSA) is 81.5 Å². The highest BCUT2D eigenvalue weighted by Gasteiger charge is 2.16. The van der Waals surface area contributed by atoms with Crippen molar-refractivity contribution < 1.29 is 18.9 Å². The van der Waals surface area contributed by atoms with Gasteiger partial charge in [0.15, 0.2) is 0 Å². The Kier molecular flexibility index (Phi) is 3.29. The van der Waals surface area contributed by atoms with Crippen molar-refractivity contribution in [2.75, 3.05) is 7.11 Å². The standard InChI is InChI=1S/C8H7FN2O4/c1-15-10-8(12)6-4-5(11(13)14)2-3-7(6)9/h2-4H,1H3,(H,10,12). The molecule has 0 aliphatic heterocycles. The van der Waals surface area contributed by atoms with E-state index in [9.17, 15) is 19.3 Å². The van der Waals surface area contributed by atoms with Crippen molar-refractivity contribution >= 4 is 11.6 Å². The summed E-state index contributed by atoms with van der Waals surface area (Å²) in [6.07, 6.45) is 0. The van der Waals surface area contributed by atoms with Gasteiger partial charge in [-0.15, -0.1) is 0 Å². The second-order valence-electron chi connectivity index (χ2n) is 2.56. The minimum atomic E-state index is -0.876. The van der Waals surface area contributed by atoms with Gasteiger partial charge in [-0.3, -0.25) is 19.7 Å². The lowest BCUT2D eigenvalue weighted by Crippen LogP contribution is -2.23. The molecule has 0 bridgehead atoms. The van der Waals surface area contributed by atoms with Gasteiger partial charge in [0.2, 0.25) is 0 Å². The highest BCUT2D eigenvalue weighted by molar-refractivity contribution is 5.94. The predicted octanol–water partition coefficient (Wildman–Crippen LogP) is 1.03. The molecular formula is C8H7FN2O4. The van der Waals surface area contributed by atoms with E-state index < -0.39 is 22.2 Å². The maximum Gasteiger partial charge on any atom is 0.278 e. The summed E-state index contributed by atoms with van der Waals surface area (Å²) in [7, 11) is 1.17. The second-order valence-corrected chi connectivity index (χ2v) is 2.56. The number of amides is 1. The SMILES string of the molecule is CONC(=O)c1cc([N+](=O)[O-])ccc1F. The summed E-state index contributed by atoms with van der Waals surface area (Å²) in [5.74, 6) is -1.73. The summed E-state index contributed by atoms with van der Waals surface area (Å²) in [4.78, 5) is 25.1. The molecule has 1 N–H and O–H groups in total. The number of hydrogen-bond donors (Lipinski definition) is 1. The van der Waals surface area contributed by atoms with Crippen molar-refractivity contribution in [1.82, 2.24) is 5.48 Å². The van der Waals surface area contributed by atoms with E-state index in [4.69, 9.17) is 0 Å². The van der Waals surface area contributed by atoms with Crippen LogP contribution in [0.25, 0.3) is 0 Å². The third-order valence-corrected chi connectivity index (χ3v) is 1.60. The molecule has 7 heteroatoms. The number of halogens is 1. The molecule has 0 aromatic heterocycles. The van der Waals surface area contributed by atoms with Gasteiger partial charge in [-0.05, 0) is 6.07 Å². The van der Waals surface area contributed by atoms with Gasteiger partial charge in [0.1, 0.15) is 5.82 Å². The van der Waals surface area contributed by atoms with Crippen LogP contribution in [-0.4, -0.2) is 17.9 Å². The van der Waals surface area contributed by atoms with Crippen molar-refractivity contribution in [3.63, 3.8) is 0 Å². The molecular weight excluding hydrogens is 207 g/mol. The zero-order valence-electron chi connectivity index (χ0n) is 7.69. The van der Waals surface area contributed by atoms with E-state index in [1.54, 1.807) is 0 Å². The Hall–Kier alpha value is -2.02. The lowest BCUT2D eigenvalue weighted by Gasteiger charge is -2.02. The van der Waals surface area contributed by atoms with Crippen molar-refractivity contribution in [3.8, 4) is 0 Å². The summed E-state index contributed by atoms with van der Waals surface area (Å²) >= 11 is 0. The number of hydroxylamine groups is 1. The van der Waals surface area contributed by atoms with Gasteiger partial charge in [0.25, 0.3) is 11.6 Å². The predicted molar refractivity (Wildman–Crippen MR) is 47.5 cm³/mol. The fourth-order valence-electron chi connectivity index (χ4n) is 0.949. The number of benzene rings is 1. The molecule has 1 aromatic rings. The van der Waals surface area contributed by atoms with Crippen molar-refractivity contribution in [1.29, 1.82) is 0 Å². The third-order valence-electron chi connectivity index (χ3n) is 1.60. The average molecular weight is 214 g/mol. The Morgan fingerprint density at radius 3 is 2.80 bits per heavy atom. The van der Waals surface area contributed by atoms with Gasteiger partial charge in [-0.1, -0.05) is 0 Å². The van der Waals surface area contributed by atoms with E-state index in [0.717, 1.165) is 18.2 Å². The molecule has 80 valence electrons. The van der Waals surface area contributed by atoms with Gasteiger partial charge in [-0.25, -0.2) is 9.87 Å². The first-order chi connectivity index (χ1) is 7.06.